The highest BCUT2D eigenvalue weighted by atomic mass is 16.7. The third kappa shape index (κ3) is 3.65. The van der Waals surface area contributed by atoms with Crippen molar-refractivity contribution in [3.63, 3.8) is 0 Å². The molecule has 0 saturated heterocycles. The van der Waals surface area contributed by atoms with Gasteiger partial charge in [0.25, 0.3) is 0 Å². The topological polar surface area (TPSA) is 89.5 Å². The van der Waals surface area contributed by atoms with E-state index in [0.29, 0.717) is 66.6 Å². The summed E-state index contributed by atoms with van der Waals surface area (Å²) in [5.41, 5.74) is 1.69. The predicted molar refractivity (Wildman–Crippen MR) is 114 cm³/mol. The van der Waals surface area contributed by atoms with Crippen molar-refractivity contribution in [2.45, 2.75) is 31.5 Å². The van der Waals surface area contributed by atoms with E-state index in [1.54, 1.807) is 18.2 Å². The van der Waals surface area contributed by atoms with E-state index in [9.17, 15) is 9.59 Å². The molecule has 1 saturated carbocycles. The summed E-state index contributed by atoms with van der Waals surface area (Å²) < 4.78 is 33.5. The van der Waals surface area contributed by atoms with Gasteiger partial charge in [-0.25, -0.2) is 4.79 Å². The zero-order valence-corrected chi connectivity index (χ0v) is 17.8. The van der Waals surface area contributed by atoms with Crippen LogP contribution in [0.2, 0.25) is 0 Å². The van der Waals surface area contributed by atoms with Crippen molar-refractivity contribution in [2.75, 3.05) is 20.0 Å². The molecule has 1 aliphatic carbocycles. The normalized spacial score (nSPS) is 24.9. The third-order valence-corrected chi connectivity index (χ3v) is 6.44. The van der Waals surface area contributed by atoms with Gasteiger partial charge in [0.05, 0.1) is 23.3 Å². The van der Waals surface area contributed by atoms with E-state index < -0.39 is 5.97 Å². The molecule has 8 nitrogen and oxygen atoms in total. The van der Waals surface area contributed by atoms with Crippen molar-refractivity contribution >= 4 is 17.3 Å². The van der Waals surface area contributed by atoms with Gasteiger partial charge in [-0.05, 0) is 48.7 Å². The third-order valence-electron chi connectivity index (χ3n) is 6.44. The maximum absolute atomic E-state index is 13.2. The summed E-state index contributed by atoms with van der Waals surface area (Å²) in [6.07, 6.45) is 2.54. The molecule has 3 atom stereocenters. The van der Waals surface area contributed by atoms with Gasteiger partial charge in [0.15, 0.2) is 28.8 Å². The molecule has 3 aliphatic heterocycles. The summed E-state index contributed by atoms with van der Waals surface area (Å²) in [5, 5.41) is 0. The standard InChI is InChI=1S/C25H22O8/c26-24-17-4-3-16(33-25(27)15-2-6-20-23(10-15)32-13-31-20)11-21(17)30-12-18(24)14-1-5-19-22(9-14)29-8-7-28-19/h1-2,5-6,9-10,12,16-17,21H,3-4,7-8,11,13H2. The number of ether oxygens (including phenoxy) is 6. The van der Waals surface area contributed by atoms with Gasteiger partial charge in [-0.15, -0.1) is 0 Å². The smallest absolute Gasteiger partial charge is 0.338 e. The fraction of sp³-hybridized carbons (Fsp3) is 0.360. The summed E-state index contributed by atoms with van der Waals surface area (Å²) in [4.78, 5) is 25.9. The number of benzene rings is 2. The van der Waals surface area contributed by atoms with Crippen LogP contribution < -0.4 is 18.9 Å². The second-order valence-corrected chi connectivity index (χ2v) is 8.44. The number of ketones is 1. The molecule has 2 aromatic rings. The molecule has 8 heteroatoms. The van der Waals surface area contributed by atoms with E-state index in [1.165, 1.54) is 6.26 Å². The first-order valence-corrected chi connectivity index (χ1v) is 11.1. The van der Waals surface area contributed by atoms with E-state index >= 15 is 0 Å². The number of hydrogen-bond donors (Lipinski definition) is 0. The highest BCUT2D eigenvalue weighted by Crippen LogP contribution is 2.40. The second-order valence-electron chi connectivity index (χ2n) is 8.44. The molecular weight excluding hydrogens is 428 g/mol. The first-order valence-electron chi connectivity index (χ1n) is 11.1. The second kappa shape index (κ2) is 8.03. The maximum atomic E-state index is 13.2. The van der Waals surface area contributed by atoms with Crippen LogP contribution in [0.15, 0.2) is 42.7 Å². The van der Waals surface area contributed by atoms with Crippen molar-refractivity contribution in [2.24, 2.45) is 5.92 Å². The average Bonchev–Trinajstić information content (AvgIpc) is 3.32. The summed E-state index contributed by atoms with van der Waals surface area (Å²) in [6.45, 7) is 1.14. The van der Waals surface area contributed by atoms with E-state index in [0.717, 1.165) is 5.56 Å². The van der Waals surface area contributed by atoms with Crippen LogP contribution in [0.3, 0.4) is 0 Å². The fourth-order valence-electron chi connectivity index (χ4n) is 4.73. The lowest BCUT2D eigenvalue weighted by molar-refractivity contribution is -0.126. The minimum atomic E-state index is -0.425. The highest BCUT2D eigenvalue weighted by molar-refractivity contribution is 6.22. The zero-order valence-electron chi connectivity index (χ0n) is 17.8. The van der Waals surface area contributed by atoms with Gasteiger partial charge in [0, 0.05) is 6.42 Å². The Kier molecular flexibility index (Phi) is 4.86. The first-order chi connectivity index (χ1) is 16.2. The summed E-state index contributed by atoms with van der Waals surface area (Å²) >= 11 is 0. The number of Topliss-reactive ketones (excluding diaryl/α,β-unsaturated/α-hetero) is 1. The van der Waals surface area contributed by atoms with Crippen molar-refractivity contribution in [3.8, 4) is 23.0 Å². The lowest BCUT2D eigenvalue weighted by Gasteiger charge is -2.37. The molecule has 170 valence electrons. The van der Waals surface area contributed by atoms with Gasteiger partial charge in [0.2, 0.25) is 6.79 Å². The lowest BCUT2D eigenvalue weighted by atomic mass is 9.78. The monoisotopic (exact) mass is 450 g/mol. The van der Waals surface area contributed by atoms with E-state index in [-0.39, 0.29) is 30.7 Å². The molecule has 0 aromatic heterocycles. The molecular formula is C25H22O8. The lowest BCUT2D eigenvalue weighted by Crippen LogP contribution is -2.42. The Hall–Kier alpha value is -3.68. The molecule has 0 amide bonds. The Morgan fingerprint density at radius 3 is 2.55 bits per heavy atom. The number of rotatable bonds is 3. The van der Waals surface area contributed by atoms with Crippen LogP contribution in [0, 0.1) is 5.92 Å². The van der Waals surface area contributed by atoms with Crippen molar-refractivity contribution in [1.29, 1.82) is 0 Å². The maximum Gasteiger partial charge on any atom is 0.338 e. The minimum Gasteiger partial charge on any atom is -0.496 e. The Labute approximate surface area is 190 Å². The van der Waals surface area contributed by atoms with Crippen LogP contribution in [0.25, 0.3) is 5.57 Å². The molecule has 0 spiro atoms. The number of hydrogen-bond acceptors (Lipinski definition) is 8. The van der Waals surface area contributed by atoms with Crippen molar-refractivity contribution < 1.29 is 38.0 Å². The quantitative estimate of drug-likeness (QED) is 0.657. The highest BCUT2D eigenvalue weighted by Gasteiger charge is 2.41. The Bertz CT molecular complexity index is 1150. The van der Waals surface area contributed by atoms with E-state index in [1.807, 2.05) is 18.2 Å². The van der Waals surface area contributed by atoms with Gasteiger partial charge < -0.3 is 28.4 Å². The molecule has 1 fully saturated rings. The molecule has 0 radical (unpaired) electrons. The Morgan fingerprint density at radius 2 is 1.64 bits per heavy atom. The van der Waals surface area contributed by atoms with Crippen LogP contribution in [0.4, 0.5) is 0 Å². The summed E-state index contributed by atoms with van der Waals surface area (Å²) in [5.74, 6) is 1.81. The molecule has 33 heavy (non-hydrogen) atoms. The molecule has 4 aliphatic rings. The van der Waals surface area contributed by atoms with Crippen molar-refractivity contribution in [3.05, 3.63) is 53.8 Å². The van der Waals surface area contributed by atoms with Gasteiger partial charge in [0.1, 0.15) is 25.4 Å². The Morgan fingerprint density at radius 1 is 0.879 bits per heavy atom. The zero-order chi connectivity index (χ0) is 22.4. The number of allylic oxidation sites excluding steroid dienone is 1. The molecule has 3 heterocycles. The summed E-state index contributed by atoms with van der Waals surface area (Å²) in [6, 6.07) is 10.5. The van der Waals surface area contributed by atoms with Crippen LogP contribution in [-0.2, 0) is 14.3 Å². The van der Waals surface area contributed by atoms with Gasteiger partial charge in [-0.3, -0.25) is 4.79 Å². The molecule has 2 aromatic carbocycles. The Balaban J connectivity index is 1.13. The number of fused-ring (bicyclic) bond motifs is 3. The fourth-order valence-corrected chi connectivity index (χ4v) is 4.73. The average molecular weight is 450 g/mol. The van der Waals surface area contributed by atoms with Crippen molar-refractivity contribution in [1.82, 2.24) is 0 Å². The van der Waals surface area contributed by atoms with Gasteiger partial charge in [-0.1, -0.05) is 6.07 Å². The van der Waals surface area contributed by atoms with E-state index in [2.05, 4.69) is 0 Å². The molecule has 0 N–H and O–H groups in total. The largest absolute Gasteiger partial charge is 0.496 e. The number of carbonyl (C=O) groups is 2. The predicted octanol–water partition coefficient (Wildman–Crippen LogP) is 3.52. The van der Waals surface area contributed by atoms with Crippen LogP contribution in [0.1, 0.15) is 35.2 Å². The number of esters is 1. The van der Waals surface area contributed by atoms with E-state index in [4.69, 9.17) is 28.4 Å². The number of carbonyl (C=O) groups excluding carboxylic acids is 2. The minimum absolute atomic E-state index is 0.0449. The summed E-state index contributed by atoms with van der Waals surface area (Å²) in [7, 11) is 0. The van der Waals surface area contributed by atoms with Crippen LogP contribution >= 0.6 is 0 Å². The molecule has 6 rings (SSSR count). The van der Waals surface area contributed by atoms with Gasteiger partial charge in [-0.2, -0.15) is 0 Å². The first kappa shape index (κ1) is 20.0. The van der Waals surface area contributed by atoms with Gasteiger partial charge >= 0.3 is 5.97 Å². The SMILES string of the molecule is O=C(OC1CCC2C(=O)C(c3ccc4c(c3)OCCO4)=COC2C1)c1ccc2c(c1)OCO2. The van der Waals surface area contributed by atoms with Crippen LogP contribution in [-0.4, -0.2) is 44.0 Å². The molecule has 3 unspecified atom stereocenters. The van der Waals surface area contributed by atoms with Crippen LogP contribution in [0.5, 0.6) is 23.0 Å². The molecule has 0 bridgehead atoms.